The van der Waals surface area contributed by atoms with E-state index in [2.05, 4.69) is 25.5 Å². The van der Waals surface area contributed by atoms with Crippen molar-refractivity contribution in [1.82, 2.24) is 24.7 Å². The molecule has 3 heterocycles. The number of pyridine rings is 2. The van der Waals surface area contributed by atoms with Crippen LogP contribution in [0.4, 0.5) is 19.0 Å². The number of rotatable bonds is 5. The third kappa shape index (κ3) is 4.51. The van der Waals surface area contributed by atoms with Crippen LogP contribution in [0.3, 0.4) is 0 Å². The first-order valence-corrected chi connectivity index (χ1v) is 8.38. The van der Waals surface area contributed by atoms with Gasteiger partial charge in [-0.1, -0.05) is 13.0 Å². The summed E-state index contributed by atoms with van der Waals surface area (Å²) in [5.41, 5.74) is -0.147. The average molecular weight is 390 g/mol. The second kappa shape index (κ2) is 7.75. The lowest BCUT2D eigenvalue weighted by Crippen LogP contribution is -2.17. The predicted octanol–water partition coefficient (Wildman–Crippen LogP) is 3.22. The standard InChI is InChI=1S/C18H17F3N6O/c1-11(8-16-26-23-10-27(16)2)12-6-7-22-13(9-12)17(28)25-15-5-3-4-14(24-15)18(19,20)21/h3-7,9-11H,8H2,1-2H3,(H,24,25,28)/t11-/m1/s1. The summed E-state index contributed by atoms with van der Waals surface area (Å²) < 4.78 is 40.1. The maximum atomic E-state index is 12.8. The van der Waals surface area contributed by atoms with Crippen LogP contribution in [0.15, 0.2) is 42.9 Å². The first-order chi connectivity index (χ1) is 13.2. The molecule has 0 unspecified atom stereocenters. The van der Waals surface area contributed by atoms with Crippen molar-refractivity contribution in [2.75, 3.05) is 5.32 Å². The van der Waals surface area contributed by atoms with Crippen molar-refractivity contribution in [1.29, 1.82) is 0 Å². The lowest BCUT2D eigenvalue weighted by molar-refractivity contribution is -0.141. The molecule has 28 heavy (non-hydrogen) atoms. The molecule has 1 N–H and O–H groups in total. The number of nitrogens with zero attached hydrogens (tertiary/aromatic N) is 5. The summed E-state index contributed by atoms with van der Waals surface area (Å²) in [4.78, 5) is 19.8. The van der Waals surface area contributed by atoms with Gasteiger partial charge in [-0.25, -0.2) is 4.98 Å². The van der Waals surface area contributed by atoms with Gasteiger partial charge in [-0.3, -0.25) is 9.78 Å². The third-order valence-electron chi connectivity index (χ3n) is 4.16. The van der Waals surface area contributed by atoms with Crippen molar-refractivity contribution in [3.63, 3.8) is 0 Å². The third-order valence-corrected chi connectivity index (χ3v) is 4.16. The zero-order valence-electron chi connectivity index (χ0n) is 15.1. The number of nitrogens with one attached hydrogen (secondary N) is 1. The summed E-state index contributed by atoms with van der Waals surface area (Å²) in [5.74, 6) is -0.00805. The van der Waals surface area contributed by atoms with Crippen LogP contribution >= 0.6 is 0 Å². The number of hydrogen-bond acceptors (Lipinski definition) is 5. The number of amides is 1. The molecule has 0 saturated heterocycles. The van der Waals surface area contributed by atoms with Gasteiger partial charge in [0, 0.05) is 19.7 Å². The molecule has 10 heteroatoms. The highest BCUT2D eigenvalue weighted by Crippen LogP contribution is 2.28. The zero-order chi connectivity index (χ0) is 20.3. The van der Waals surface area contributed by atoms with Crippen molar-refractivity contribution in [2.24, 2.45) is 7.05 Å². The van der Waals surface area contributed by atoms with E-state index in [1.807, 2.05) is 18.5 Å². The van der Waals surface area contributed by atoms with Crippen molar-refractivity contribution in [3.8, 4) is 0 Å². The van der Waals surface area contributed by atoms with Gasteiger partial charge in [0.05, 0.1) is 0 Å². The molecule has 0 spiro atoms. The maximum Gasteiger partial charge on any atom is 0.433 e. The number of hydrogen-bond donors (Lipinski definition) is 1. The Bertz CT molecular complexity index is 985. The largest absolute Gasteiger partial charge is 0.433 e. The lowest BCUT2D eigenvalue weighted by Gasteiger charge is -2.12. The number of aromatic nitrogens is 5. The molecular formula is C18H17F3N6O. The molecule has 3 rings (SSSR count). The Labute approximate surface area is 158 Å². The molecule has 7 nitrogen and oxygen atoms in total. The minimum Gasteiger partial charge on any atom is -0.321 e. The normalized spacial score (nSPS) is 12.6. The minimum absolute atomic E-state index is 0.0316. The number of carbonyl (C=O) groups excluding carboxylic acids is 1. The van der Waals surface area contributed by atoms with Gasteiger partial charge in [0.2, 0.25) is 0 Å². The van der Waals surface area contributed by atoms with E-state index in [9.17, 15) is 18.0 Å². The summed E-state index contributed by atoms with van der Waals surface area (Å²) in [6.45, 7) is 1.97. The van der Waals surface area contributed by atoms with E-state index in [1.54, 1.807) is 18.5 Å². The summed E-state index contributed by atoms with van der Waals surface area (Å²) in [5, 5.41) is 10.2. The molecule has 3 aromatic heterocycles. The number of halogens is 3. The lowest BCUT2D eigenvalue weighted by atomic mass is 9.97. The number of carbonyl (C=O) groups is 1. The van der Waals surface area contributed by atoms with Gasteiger partial charge in [-0.2, -0.15) is 13.2 Å². The van der Waals surface area contributed by atoms with E-state index in [0.29, 0.717) is 6.42 Å². The zero-order valence-corrected chi connectivity index (χ0v) is 15.1. The molecule has 0 aliphatic carbocycles. The Hall–Kier alpha value is -3.30. The van der Waals surface area contributed by atoms with Gasteiger partial charge in [0.25, 0.3) is 5.91 Å². The smallest absolute Gasteiger partial charge is 0.321 e. The van der Waals surface area contributed by atoms with Crippen molar-refractivity contribution >= 4 is 11.7 Å². The molecule has 0 aliphatic rings. The van der Waals surface area contributed by atoms with Gasteiger partial charge in [-0.15, -0.1) is 10.2 Å². The van der Waals surface area contributed by atoms with Crippen LogP contribution in [0.5, 0.6) is 0 Å². The van der Waals surface area contributed by atoms with E-state index >= 15 is 0 Å². The highest BCUT2D eigenvalue weighted by Gasteiger charge is 2.32. The number of aryl methyl sites for hydroxylation is 1. The van der Waals surface area contributed by atoms with Gasteiger partial charge >= 0.3 is 6.18 Å². The number of anilines is 1. The molecule has 3 aromatic rings. The van der Waals surface area contributed by atoms with Crippen molar-refractivity contribution < 1.29 is 18.0 Å². The first kappa shape index (κ1) is 19.5. The summed E-state index contributed by atoms with van der Waals surface area (Å²) in [6, 6.07) is 6.68. The maximum absolute atomic E-state index is 12.8. The molecule has 0 saturated carbocycles. The van der Waals surface area contributed by atoms with Gasteiger partial charge in [0.1, 0.15) is 29.4 Å². The molecule has 0 aliphatic heterocycles. The fourth-order valence-corrected chi connectivity index (χ4v) is 2.60. The Balaban J connectivity index is 1.74. The molecule has 1 atom stereocenters. The average Bonchev–Trinajstić information content (AvgIpc) is 3.06. The molecule has 146 valence electrons. The molecule has 0 bridgehead atoms. The Morgan fingerprint density at radius 1 is 1.29 bits per heavy atom. The van der Waals surface area contributed by atoms with Crippen LogP contribution in [-0.2, 0) is 19.6 Å². The molecule has 0 aromatic carbocycles. The van der Waals surface area contributed by atoms with E-state index in [1.165, 1.54) is 18.3 Å². The predicted molar refractivity (Wildman–Crippen MR) is 94.6 cm³/mol. The van der Waals surface area contributed by atoms with Crippen LogP contribution in [0.2, 0.25) is 0 Å². The van der Waals surface area contributed by atoms with Crippen LogP contribution in [0.25, 0.3) is 0 Å². The van der Waals surface area contributed by atoms with Crippen LogP contribution < -0.4 is 5.32 Å². The summed E-state index contributed by atoms with van der Waals surface area (Å²) in [6.07, 6.45) is -0.891. The SMILES string of the molecule is C[C@H](Cc1nncn1C)c1ccnc(C(=O)Nc2cccc(C(F)(F)F)n2)c1. The quantitative estimate of drug-likeness (QED) is 0.723. The Morgan fingerprint density at radius 2 is 2.07 bits per heavy atom. The van der Waals surface area contributed by atoms with Crippen LogP contribution in [0.1, 0.15) is 40.4 Å². The molecule has 0 fully saturated rings. The topological polar surface area (TPSA) is 85.6 Å². The van der Waals surface area contributed by atoms with E-state index in [-0.39, 0.29) is 17.4 Å². The van der Waals surface area contributed by atoms with Gasteiger partial charge < -0.3 is 9.88 Å². The summed E-state index contributed by atoms with van der Waals surface area (Å²) in [7, 11) is 1.84. The van der Waals surface area contributed by atoms with Crippen molar-refractivity contribution in [3.05, 3.63) is 65.6 Å². The fourth-order valence-electron chi connectivity index (χ4n) is 2.60. The Kier molecular flexibility index (Phi) is 5.39. The summed E-state index contributed by atoms with van der Waals surface area (Å²) >= 11 is 0. The monoisotopic (exact) mass is 390 g/mol. The number of alkyl halides is 3. The Morgan fingerprint density at radius 3 is 2.75 bits per heavy atom. The molecule has 0 radical (unpaired) electrons. The van der Waals surface area contributed by atoms with Gasteiger partial charge in [0.15, 0.2) is 0 Å². The second-order valence-electron chi connectivity index (χ2n) is 6.30. The van der Waals surface area contributed by atoms with E-state index < -0.39 is 17.8 Å². The van der Waals surface area contributed by atoms with Crippen molar-refractivity contribution in [2.45, 2.75) is 25.4 Å². The second-order valence-corrected chi connectivity index (χ2v) is 6.30. The van der Waals surface area contributed by atoms with Crippen LogP contribution in [0, 0.1) is 0 Å². The highest BCUT2D eigenvalue weighted by molar-refractivity contribution is 6.02. The first-order valence-electron chi connectivity index (χ1n) is 8.38. The highest BCUT2D eigenvalue weighted by atomic mass is 19.4. The van der Waals surface area contributed by atoms with E-state index in [4.69, 9.17) is 0 Å². The fraction of sp³-hybridized carbons (Fsp3) is 0.278. The van der Waals surface area contributed by atoms with Gasteiger partial charge in [-0.05, 0) is 35.7 Å². The van der Waals surface area contributed by atoms with Crippen LogP contribution in [-0.4, -0.2) is 30.6 Å². The molecule has 1 amide bonds. The van der Waals surface area contributed by atoms with E-state index in [0.717, 1.165) is 17.5 Å². The minimum atomic E-state index is -4.59. The molecular weight excluding hydrogens is 373 g/mol.